The molecule has 2 aliphatic heterocycles. The van der Waals surface area contributed by atoms with Gasteiger partial charge in [0.15, 0.2) is 5.17 Å². The van der Waals surface area contributed by atoms with Crippen LogP contribution in [-0.4, -0.2) is 64.9 Å². The number of ether oxygens (including phenoxy) is 2. The number of aliphatic hydroxyl groups excluding tert-OH is 2. The molecule has 2 rings (SSSR count). The molecule has 6 nitrogen and oxygen atoms in total. The summed E-state index contributed by atoms with van der Waals surface area (Å²) in [7, 11) is 1.68. The quantitative estimate of drug-likeness (QED) is 0.647. The molecule has 0 amide bonds. The van der Waals surface area contributed by atoms with Gasteiger partial charge in [0.25, 0.3) is 0 Å². The van der Waals surface area contributed by atoms with E-state index in [4.69, 9.17) is 9.47 Å². The van der Waals surface area contributed by atoms with Gasteiger partial charge in [-0.2, -0.15) is 0 Å². The summed E-state index contributed by atoms with van der Waals surface area (Å²) in [6.45, 7) is 4.27. The monoisotopic (exact) mass is 276 g/mol. The Balaban J connectivity index is 2.09. The van der Waals surface area contributed by atoms with Crippen LogP contribution in [0.1, 0.15) is 13.8 Å². The van der Waals surface area contributed by atoms with Gasteiger partial charge in [-0.3, -0.25) is 4.99 Å². The molecule has 6 atom stereocenters. The van der Waals surface area contributed by atoms with Gasteiger partial charge < -0.3 is 25.0 Å². The van der Waals surface area contributed by atoms with E-state index in [-0.39, 0.29) is 17.6 Å². The van der Waals surface area contributed by atoms with Crippen molar-refractivity contribution >= 4 is 16.9 Å². The Hall–Kier alpha value is -0.340. The molecule has 104 valence electrons. The summed E-state index contributed by atoms with van der Waals surface area (Å²) < 4.78 is 11.3. The lowest BCUT2D eigenvalue weighted by Crippen LogP contribution is -2.61. The van der Waals surface area contributed by atoms with Gasteiger partial charge in [-0.15, -0.1) is 0 Å². The van der Waals surface area contributed by atoms with Crippen LogP contribution in [0.5, 0.6) is 0 Å². The maximum atomic E-state index is 10.1. The smallest absolute Gasteiger partial charge is 0.159 e. The number of thioether (sulfide) groups is 1. The molecule has 0 aliphatic carbocycles. The fourth-order valence-corrected chi connectivity index (χ4v) is 3.38. The van der Waals surface area contributed by atoms with Crippen molar-refractivity contribution in [2.75, 3.05) is 13.7 Å². The second-order valence-electron chi connectivity index (χ2n) is 4.43. The Morgan fingerprint density at radius 1 is 1.50 bits per heavy atom. The molecule has 0 aromatic heterocycles. The van der Waals surface area contributed by atoms with Gasteiger partial charge in [-0.1, -0.05) is 11.8 Å². The summed E-state index contributed by atoms with van der Waals surface area (Å²) in [4.78, 5) is 4.04. The second kappa shape index (κ2) is 5.75. The molecule has 0 radical (unpaired) electrons. The highest BCUT2D eigenvalue weighted by atomic mass is 32.2. The highest BCUT2D eigenvalue weighted by Gasteiger charge is 2.50. The summed E-state index contributed by atoms with van der Waals surface area (Å²) >= 11 is 1.43. The maximum absolute atomic E-state index is 10.1. The Bertz CT molecular complexity index is 328. The lowest BCUT2D eigenvalue weighted by Gasteiger charge is -2.41. The van der Waals surface area contributed by atoms with Gasteiger partial charge in [0.05, 0.1) is 12.1 Å². The molecule has 3 N–H and O–H groups in total. The van der Waals surface area contributed by atoms with Crippen molar-refractivity contribution in [3.05, 3.63) is 0 Å². The molecule has 18 heavy (non-hydrogen) atoms. The molecule has 7 heteroatoms. The third-order valence-corrected chi connectivity index (χ3v) is 4.41. The number of rotatable bonds is 3. The van der Waals surface area contributed by atoms with Crippen LogP contribution in [0.3, 0.4) is 0 Å². The van der Waals surface area contributed by atoms with Crippen LogP contribution in [0, 0.1) is 0 Å². The molecule has 2 aliphatic rings. The molecule has 2 fully saturated rings. The lowest BCUT2D eigenvalue weighted by molar-refractivity contribution is -0.192. The molecule has 0 unspecified atom stereocenters. The normalized spacial score (nSPS) is 43.6. The number of hydrogen-bond donors (Lipinski definition) is 3. The van der Waals surface area contributed by atoms with Crippen LogP contribution in [0.15, 0.2) is 4.99 Å². The third kappa shape index (κ3) is 2.50. The molecular formula is C11H20N2O4S. The van der Waals surface area contributed by atoms with Gasteiger partial charge in [-0.05, 0) is 13.8 Å². The van der Waals surface area contributed by atoms with E-state index in [0.29, 0.717) is 6.61 Å². The van der Waals surface area contributed by atoms with Crippen LogP contribution in [0.2, 0.25) is 0 Å². The second-order valence-corrected chi connectivity index (χ2v) is 5.51. The summed E-state index contributed by atoms with van der Waals surface area (Å²) in [5.41, 5.74) is -0.241. The first-order chi connectivity index (χ1) is 8.58. The van der Waals surface area contributed by atoms with Crippen molar-refractivity contribution in [3.63, 3.8) is 0 Å². The predicted octanol–water partition coefficient (Wildman–Crippen LogP) is -0.451. The molecule has 0 spiro atoms. The van der Waals surface area contributed by atoms with Gasteiger partial charge in [-0.25, -0.2) is 0 Å². The van der Waals surface area contributed by atoms with E-state index >= 15 is 0 Å². The van der Waals surface area contributed by atoms with Crippen molar-refractivity contribution in [2.24, 2.45) is 4.99 Å². The van der Waals surface area contributed by atoms with E-state index in [1.807, 2.05) is 13.8 Å². The molecule has 0 saturated carbocycles. The zero-order valence-electron chi connectivity index (χ0n) is 10.7. The van der Waals surface area contributed by atoms with Gasteiger partial charge in [0.2, 0.25) is 0 Å². The molecular weight excluding hydrogens is 256 g/mol. The third-order valence-electron chi connectivity index (χ3n) is 3.25. The first kappa shape index (κ1) is 14.1. The van der Waals surface area contributed by atoms with Crippen molar-refractivity contribution in [2.45, 2.75) is 49.7 Å². The van der Waals surface area contributed by atoms with Crippen molar-refractivity contribution < 1.29 is 19.7 Å². The fraction of sp³-hybridized carbons (Fsp3) is 0.909. The summed E-state index contributed by atoms with van der Waals surface area (Å²) in [6, 6.07) is -0.325. The van der Waals surface area contributed by atoms with Crippen LogP contribution >= 0.6 is 11.8 Å². The summed E-state index contributed by atoms with van der Waals surface area (Å²) in [5.74, 6) is 0. The molecule has 2 heterocycles. The first-order valence-corrected chi connectivity index (χ1v) is 6.99. The van der Waals surface area contributed by atoms with Gasteiger partial charge in [0, 0.05) is 13.7 Å². The fourth-order valence-electron chi connectivity index (χ4n) is 2.29. The van der Waals surface area contributed by atoms with Crippen LogP contribution in [0.25, 0.3) is 0 Å². The summed E-state index contributed by atoms with van der Waals surface area (Å²) in [5, 5.41) is 24.0. The van der Waals surface area contributed by atoms with Crippen molar-refractivity contribution in [1.29, 1.82) is 0 Å². The number of nitrogens with one attached hydrogen (secondary N) is 1. The van der Waals surface area contributed by atoms with Gasteiger partial charge >= 0.3 is 0 Å². The van der Waals surface area contributed by atoms with E-state index in [2.05, 4.69) is 10.3 Å². The number of hydrogen-bond acceptors (Lipinski definition) is 6. The maximum Gasteiger partial charge on any atom is 0.159 e. The number of aliphatic hydroxyl groups is 2. The average molecular weight is 276 g/mol. The molecule has 0 aromatic carbocycles. The Morgan fingerprint density at radius 2 is 2.22 bits per heavy atom. The topological polar surface area (TPSA) is 83.3 Å². The Labute approximate surface area is 111 Å². The van der Waals surface area contributed by atoms with Crippen LogP contribution in [0.4, 0.5) is 0 Å². The van der Waals surface area contributed by atoms with Crippen molar-refractivity contribution in [3.8, 4) is 0 Å². The number of nitrogens with zero attached hydrogens (tertiary/aromatic N) is 1. The van der Waals surface area contributed by atoms with E-state index in [1.54, 1.807) is 7.05 Å². The summed E-state index contributed by atoms with van der Waals surface area (Å²) in [6.07, 6.45) is -2.63. The minimum atomic E-state index is -0.961. The van der Waals surface area contributed by atoms with Crippen LogP contribution < -0.4 is 5.32 Å². The Morgan fingerprint density at radius 3 is 2.83 bits per heavy atom. The molecule has 0 bridgehead atoms. The van der Waals surface area contributed by atoms with Crippen molar-refractivity contribution in [1.82, 2.24) is 5.32 Å². The Kier molecular flexibility index (Phi) is 4.50. The number of amidine groups is 1. The number of fused-ring (bicyclic) bond motifs is 1. The van der Waals surface area contributed by atoms with E-state index in [0.717, 1.165) is 5.17 Å². The lowest BCUT2D eigenvalue weighted by atomic mass is 9.95. The zero-order valence-corrected chi connectivity index (χ0v) is 11.6. The van der Waals surface area contributed by atoms with E-state index in [9.17, 15) is 10.2 Å². The minimum Gasteiger partial charge on any atom is -0.388 e. The highest BCUT2D eigenvalue weighted by Crippen LogP contribution is 2.35. The zero-order chi connectivity index (χ0) is 13.3. The standard InChI is InChI=1S/C11H20N2O4S/c1-4-16-5(2)9-8(15)7(14)6-10(17-9)18-11(12-3)13-6/h5-10,14-15H,4H2,1-3H3,(H,12,13)/t5-,6+,7+,8-,9+,10+/m0/s1. The first-order valence-electron chi connectivity index (χ1n) is 6.11. The number of aliphatic imine (C=N–C) groups is 1. The predicted molar refractivity (Wildman–Crippen MR) is 69.6 cm³/mol. The largest absolute Gasteiger partial charge is 0.388 e. The van der Waals surface area contributed by atoms with E-state index < -0.39 is 18.3 Å². The van der Waals surface area contributed by atoms with Gasteiger partial charge in [0.1, 0.15) is 23.7 Å². The van der Waals surface area contributed by atoms with Crippen LogP contribution in [-0.2, 0) is 9.47 Å². The highest BCUT2D eigenvalue weighted by molar-refractivity contribution is 8.14. The minimum absolute atomic E-state index is 0.241. The average Bonchev–Trinajstić information content (AvgIpc) is 2.77. The molecule has 0 aromatic rings. The van der Waals surface area contributed by atoms with E-state index in [1.165, 1.54) is 11.8 Å². The molecule has 2 saturated heterocycles. The SMILES string of the molecule is CCO[C@@H](C)[C@H]1O[C@@H]2SC(=NC)N[C@@H]2[C@@H](O)[C@@H]1O.